The molecule has 0 fully saturated rings. The lowest BCUT2D eigenvalue weighted by atomic mass is 10.2. The van der Waals surface area contributed by atoms with E-state index in [0.717, 1.165) is 21.3 Å². The van der Waals surface area contributed by atoms with E-state index in [-0.39, 0.29) is 5.91 Å². The molecule has 4 heteroatoms. The number of anilines is 1. The van der Waals surface area contributed by atoms with Crippen LogP contribution in [-0.4, -0.2) is 10.9 Å². The number of amides is 1. The molecule has 2 aromatic rings. The van der Waals surface area contributed by atoms with Crippen molar-refractivity contribution in [2.45, 2.75) is 13.8 Å². The molecule has 1 aromatic heterocycles. The van der Waals surface area contributed by atoms with E-state index in [0.29, 0.717) is 5.82 Å². The van der Waals surface area contributed by atoms with E-state index in [1.54, 1.807) is 6.08 Å². The van der Waals surface area contributed by atoms with Crippen LogP contribution in [0.25, 0.3) is 6.08 Å². The molecule has 0 radical (unpaired) electrons. The van der Waals surface area contributed by atoms with Gasteiger partial charge in [0.05, 0.1) is 0 Å². The number of benzene rings is 1. The summed E-state index contributed by atoms with van der Waals surface area (Å²) in [6, 6.07) is 11.5. The van der Waals surface area contributed by atoms with Crippen LogP contribution in [0.5, 0.6) is 0 Å². The number of hydrogen-bond donors (Lipinski definition) is 1. The standard InChI is InChI=1S/C16H15BrN2O/c1-11-9-12(2)18-15(10-11)19-16(20)8-5-13-3-6-14(17)7-4-13/h3-10H,1-2H3,(H,18,19,20). The molecule has 0 aliphatic carbocycles. The number of aryl methyl sites for hydroxylation is 2. The predicted octanol–water partition coefficient (Wildman–Crippen LogP) is 4.11. The Morgan fingerprint density at radius 1 is 1.20 bits per heavy atom. The highest BCUT2D eigenvalue weighted by Gasteiger charge is 2.01. The van der Waals surface area contributed by atoms with Crippen molar-refractivity contribution in [1.29, 1.82) is 0 Å². The van der Waals surface area contributed by atoms with Crippen LogP contribution >= 0.6 is 15.9 Å². The monoisotopic (exact) mass is 330 g/mol. The first kappa shape index (κ1) is 14.5. The normalized spacial score (nSPS) is 10.8. The summed E-state index contributed by atoms with van der Waals surface area (Å²) in [5.41, 5.74) is 2.93. The van der Waals surface area contributed by atoms with Gasteiger partial charge in [0.15, 0.2) is 0 Å². The Labute approximate surface area is 126 Å². The molecule has 0 atom stereocenters. The predicted molar refractivity (Wildman–Crippen MR) is 85.5 cm³/mol. The number of nitrogens with one attached hydrogen (secondary N) is 1. The summed E-state index contributed by atoms with van der Waals surface area (Å²) in [7, 11) is 0. The van der Waals surface area contributed by atoms with Gasteiger partial charge in [-0.15, -0.1) is 0 Å². The Bertz CT molecular complexity index is 628. The molecule has 0 unspecified atom stereocenters. The van der Waals surface area contributed by atoms with Gasteiger partial charge in [0.1, 0.15) is 5.82 Å². The SMILES string of the molecule is Cc1cc(C)nc(NC(=O)C=Cc2ccc(Br)cc2)c1. The maximum absolute atomic E-state index is 11.8. The quantitative estimate of drug-likeness (QED) is 0.860. The third-order valence-corrected chi connectivity index (χ3v) is 3.17. The van der Waals surface area contributed by atoms with Crippen molar-refractivity contribution >= 4 is 33.7 Å². The third kappa shape index (κ3) is 4.31. The van der Waals surface area contributed by atoms with Gasteiger partial charge in [0.25, 0.3) is 0 Å². The lowest BCUT2D eigenvalue weighted by Gasteiger charge is -2.04. The van der Waals surface area contributed by atoms with Crippen molar-refractivity contribution in [1.82, 2.24) is 4.98 Å². The Morgan fingerprint density at radius 3 is 2.55 bits per heavy atom. The number of aromatic nitrogens is 1. The maximum atomic E-state index is 11.8. The van der Waals surface area contributed by atoms with E-state index in [9.17, 15) is 4.79 Å². The summed E-state index contributed by atoms with van der Waals surface area (Å²) >= 11 is 3.37. The summed E-state index contributed by atoms with van der Waals surface area (Å²) in [5.74, 6) is 0.387. The minimum Gasteiger partial charge on any atom is -0.307 e. The molecule has 20 heavy (non-hydrogen) atoms. The van der Waals surface area contributed by atoms with E-state index in [1.807, 2.05) is 50.2 Å². The maximum Gasteiger partial charge on any atom is 0.249 e. The molecule has 1 N–H and O–H groups in total. The summed E-state index contributed by atoms with van der Waals surface area (Å²) in [5, 5.41) is 2.76. The molecule has 0 bridgehead atoms. The summed E-state index contributed by atoms with van der Waals surface area (Å²) in [6.07, 6.45) is 3.27. The van der Waals surface area contributed by atoms with Crippen molar-refractivity contribution in [3.8, 4) is 0 Å². The summed E-state index contributed by atoms with van der Waals surface area (Å²) < 4.78 is 1.01. The topological polar surface area (TPSA) is 42.0 Å². The lowest BCUT2D eigenvalue weighted by molar-refractivity contribution is -0.111. The number of carbonyl (C=O) groups excluding carboxylic acids is 1. The number of carbonyl (C=O) groups is 1. The van der Waals surface area contributed by atoms with Crippen LogP contribution in [0.15, 0.2) is 46.9 Å². The van der Waals surface area contributed by atoms with Crippen molar-refractivity contribution in [3.05, 3.63) is 63.8 Å². The van der Waals surface area contributed by atoms with E-state index >= 15 is 0 Å². The zero-order valence-corrected chi connectivity index (χ0v) is 12.9. The van der Waals surface area contributed by atoms with Gasteiger partial charge < -0.3 is 5.32 Å². The largest absolute Gasteiger partial charge is 0.307 e. The fourth-order valence-electron chi connectivity index (χ4n) is 1.82. The van der Waals surface area contributed by atoms with Crippen LogP contribution in [-0.2, 0) is 4.79 Å². The Balaban J connectivity index is 2.03. The van der Waals surface area contributed by atoms with Crippen LogP contribution in [0.2, 0.25) is 0 Å². The third-order valence-electron chi connectivity index (χ3n) is 2.65. The number of rotatable bonds is 3. The van der Waals surface area contributed by atoms with Crippen LogP contribution in [0.1, 0.15) is 16.8 Å². The number of nitrogens with zero attached hydrogens (tertiary/aromatic N) is 1. The molecule has 0 aliphatic rings. The van der Waals surface area contributed by atoms with E-state index < -0.39 is 0 Å². The molecule has 2 rings (SSSR count). The van der Waals surface area contributed by atoms with Crippen molar-refractivity contribution < 1.29 is 4.79 Å². The van der Waals surface area contributed by atoms with Gasteiger partial charge >= 0.3 is 0 Å². The molecular weight excluding hydrogens is 316 g/mol. The smallest absolute Gasteiger partial charge is 0.249 e. The second-order valence-electron chi connectivity index (χ2n) is 4.55. The molecule has 1 amide bonds. The molecule has 0 aliphatic heterocycles. The Hall–Kier alpha value is -1.94. The van der Waals surface area contributed by atoms with Crippen LogP contribution in [0.3, 0.4) is 0 Å². The van der Waals surface area contributed by atoms with Crippen LogP contribution in [0, 0.1) is 13.8 Å². The lowest BCUT2D eigenvalue weighted by Crippen LogP contribution is -2.09. The highest BCUT2D eigenvalue weighted by Crippen LogP contribution is 2.12. The molecule has 0 spiro atoms. The second kappa shape index (κ2) is 6.48. The fraction of sp³-hybridized carbons (Fsp3) is 0.125. The molecule has 1 aromatic carbocycles. The molecule has 102 valence electrons. The zero-order chi connectivity index (χ0) is 14.5. The van der Waals surface area contributed by atoms with Crippen LogP contribution < -0.4 is 5.32 Å². The number of halogens is 1. The minimum atomic E-state index is -0.189. The summed E-state index contributed by atoms with van der Waals surface area (Å²) in [6.45, 7) is 3.88. The average molecular weight is 331 g/mol. The Kier molecular flexibility index (Phi) is 4.69. The molecule has 3 nitrogen and oxygen atoms in total. The average Bonchev–Trinajstić information content (AvgIpc) is 2.37. The minimum absolute atomic E-state index is 0.189. The highest BCUT2D eigenvalue weighted by atomic mass is 79.9. The first-order valence-electron chi connectivity index (χ1n) is 6.23. The van der Waals surface area contributed by atoms with Gasteiger partial charge in [-0.25, -0.2) is 4.98 Å². The van der Waals surface area contributed by atoms with E-state index in [4.69, 9.17) is 0 Å². The molecule has 1 heterocycles. The number of pyridine rings is 1. The van der Waals surface area contributed by atoms with Gasteiger partial charge in [0.2, 0.25) is 5.91 Å². The van der Waals surface area contributed by atoms with E-state index in [2.05, 4.69) is 26.2 Å². The number of hydrogen-bond acceptors (Lipinski definition) is 2. The van der Waals surface area contributed by atoms with Crippen LogP contribution in [0.4, 0.5) is 5.82 Å². The first-order valence-corrected chi connectivity index (χ1v) is 7.02. The fourth-order valence-corrected chi connectivity index (χ4v) is 2.08. The van der Waals surface area contributed by atoms with Gasteiger partial charge in [-0.1, -0.05) is 28.1 Å². The summed E-state index contributed by atoms with van der Waals surface area (Å²) in [4.78, 5) is 16.1. The second-order valence-corrected chi connectivity index (χ2v) is 5.46. The molecule has 0 saturated carbocycles. The van der Waals surface area contributed by atoms with Crippen molar-refractivity contribution in [2.75, 3.05) is 5.32 Å². The van der Waals surface area contributed by atoms with Gasteiger partial charge in [-0.2, -0.15) is 0 Å². The Morgan fingerprint density at radius 2 is 1.90 bits per heavy atom. The van der Waals surface area contributed by atoms with Crippen molar-refractivity contribution in [3.63, 3.8) is 0 Å². The van der Waals surface area contributed by atoms with Gasteiger partial charge in [-0.05, 0) is 55.3 Å². The highest BCUT2D eigenvalue weighted by molar-refractivity contribution is 9.10. The molecule has 0 saturated heterocycles. The zero-order valence-electron chi connectivity index (χ0n) is 11.4. The van der Waals surface area contributed by atoms with Crippen molar-refractivity contribution in [2.24, 2.45) is 0 Å². The molecular formula is C16H15BrN2O. The first-order chi connectivity index (χ1) is 9.52. The van der Waals surface area contributed by atoms with Gasteiger partial charge in [-0.3, -0.25) is 4.79 Å². The van der Waals surface area contributed by atoms with E-state index in [1.165, 1.54) is 6.08 Å². The van der Waals surface area contributed by atoms with Gasteiger partial charge in [0, 0.05) is 16.2 Å².